The fraction of sp³-hybridized carbons (Fsp3) is 0.308. The van der Waals surface area contributed by atoms with Crippen molar-refractivity contribution in [3.8, 4) is 0 Å². The van der Waals surface area contributed by atoms with E-state index in [1.54, 1.807) is 30.3 Å². The molecular formula is C26H25FN2O2. The van der Waals surface area contributed by atoms with E-state index in [-0.39, 0.29) is 11.7 Å². The minimum atomic E-state index is -0.335. The first-order chi connectivity index (χ1) is 15.2. The zero-order valence-corrected chi connectivity index (χ0v) is 17.4. The quantitative estimate of drug-likeness (QED) is 0.493. The Balaban J connectivity index is 1.53. The highest BCUT2D eigenvalue weighted by molar-refractivity contribution is 6.09. The molecule has 1 heterocycles. The summed E-state index contributed by atoms with van der Waals surface area (Å²) in [5, 5.41) is 1.08. The van der Waals surface area contributed by atoms with Gasteiger partial charge in [0.25, 0.3) is 5.91 Å². The lowest BCUT2D eigenvalue weighted by Gasteiger charge is -2.27. The number of amides is 2. The zero-order valence-electron chi connectivity index (χ0n) is 17.4. The Hall–Kier alpha value is -3.21. The molecule has 4 nitrogen and oxygen atoms in total. The molecule has 0 radical (unpaired) electrons. The molecule has 5 rings (SSSR count). The number of nitrogens with zero attached hydrogens (tertiary/aromatic N) is 2. The summed E-state index contributed by atoms with van der Waals surface area (Å²) < 4.78 is 14.3. The highest BCUT2D eigenvalue weighted by Crippen LogP contribution is 2.38. The number of hydrogen-bond donors (Lipinski definition) is 0. The maximum absolute atomic E-state index is 14.3. The number of benzene rings is 3. The first-order valence-corrected chi connectivity index (χ1v) is 11.0. The molecule has 0 atom stereocenters. The average Bonchev–Trinajstić information content (AvgIpc) is 3.12. The van der Waals surface area contributed by atoms with E-state index in [2.05, 4.69) is 0 Å². The Kier molecular flexibility index (Phi) is 5.18. The molecule has 3 aromatic rings. The van der Waals surface area contributed by atoms with E-state index in [4.69, 9.17) is 0 Å². The average molecular weight is 416 g/mol. The van der Waals surface area contributed by atoms with Gasteiger partial charge >= 0.3 is 0 Å². The van der Waals surface area contributed by atoms with Gasteiger partial charge < -0.3 is 4.90 Å². The third-order valence-electron chi connectivity index (χ3n) is 6.67. The molecule has 0 bridgehead atoms. The second kappa shape index (κ2) is 8.14. The molecule has 0 spiro atoms. The molecule has 5 heteroatoms. The van der Waals surface area contributed by atoms with Crippen LogP contribution in [0.3, 0.4) is 0 Å². The van der Waals surface area contributed by atoms with Gasteiger partial charge in [-0.3, -0.25) is 14.5 Å². The fourth-order valence-electron chi connectivity index (χ4n) is 5.13. The summed E-state index contributed by atoms with van der Waals surface area (Å²) in [6, 6.07) is 15.7. The van der Waals surface area contributed by atoms with Crippen molar-refractivity contribution in [3.05, 3.63) is 71.5 Å². The molecule has 0 saturated heterocycles. The fourth-order valence-corrected chi connectivity index (χ4v) is 5.13. The summed E-state index contributed by atoms with van der Waals surface area (Å²) in [6.07, 6.45) is 6.83. The van der Waals surface area contributed by atoms with Gasteiger partial charge in [0.05, 0.1) is 16.9 Å². The van der Waals surface area contributed by atoms with E-state index in [0.717, 1.165) is 12.1 Å². The molecule has 0 aromatic heterocycles. The van der Waals surface area contributed by atoms with Gasteiger partial charge in [-0.25, -0.2) is 4.39 Å². The molecule has 1 saturated carbocycles. The van der Waals surface area contributed by atoms with Crippen LogP contribution in [-0.4, -0.2) is 23.8 Å². The Bertz CT molecular complexity index is 1150. The number of hydrogen-bond acceptors (Lipinski definition) is 2. The van der Waals surface area contributed by atoms with Gasteiger partial charge in [-0.05, 0) is 42.5 Å². The molecule has 0 N–H and O–H groups in total. The second-order valence-corrected chi connectivity index (χ2v) is 8.59. The highest BCUT2D eigenvalue weighted by Gasteiger charge is 2.33. The van der Waals surface area contributed by atoms with Crippen LogP contribution >= 0.6 is 0 Å². The molecule has 1 fully saturated rings. The molecule has 2 amide bonds. The van der Waals surface area contributed by atoms with Crippen molar-refractivity contribution in [2.24, 2.45) is 5.92 Å². The van der Waals surface area contributed by atoms with Crippen LogP contribution in [0.15, 0.2) is 54.6 Å². The van der Waals surface area contributed by atoms with E-state index in [0.29, 0.717) is 46.6 Å². The van der Waals surface area contributed by atoms with Gasteiger partial charge in [0.15, 0.2) is 0 Å². The Labute approximate surface area is 181 Å². The van der Waals surface area contributed by atoms with E-state index in [9.17, 15) is 14.0 Å². The summed E-state index contributed by atoms with van der Waals surface area (Å²) in [5.41, 5.74) is 2.65. The number of fused-ring (bicyclic) bond motifs is 2. The number of halogens is 1. The smallest absolute Gasteiger partial charge is 0.256 e. The van der Waals surface area contributed by atoms with Crippen LogP contribution in [-0.2, 0) is 11.3 Å². The minimum Gasteiger partial charge on any atom is -0.334 e. The van der Waals surface area contributed by atoms with Crippen molar-refractivity contribution < 1.29 is 14.0 Å². The molecular weight excluding hydrogens is 391 g/mol. The van der Waals surface area contributed by atoms with Crippen molar-refractivity contribution in [2.45, 2.75) is 38.6 Å². The molecule has 3 aromatic carbocycles. The van der Waals surface area contributed by atoms with E-state index in [1.807, 2.05) is 23.1 Å². The van der Waals surface area contributed by atoms with Gasteiger partial charge in [-0.15, -0.1) is 0 Å². The van der Waals surface area contributed by atoms with Crippen LogP contribution in [0, 0.1) is 11.7 Å². The zero-order chi connectivity index (χ0) is 21.4. The van der Waals surface area contributed by atoms with E-state index >= 15 is 0 Å². The summed E-state index contributed by atoms with van der Waals surface area (Å²) in [7, 11) is 0. The minimum absolute atomic E-state index is 0.0190. The number of anilines is 2. The molecule has 0 unspecified atom stereocenters. The summed E-state index contributed by atoms with van der Waals surface area (Å²) in [4.78, 5) is 29.0. The molecule has 158 valence electrons. The van der Waals surface area contributed by atoms with Crippen LogP contribution in [0.4, 0.5) is 15.8 Å². The molecule has 31 heavy (non-hydrogen) atoms. The maximum atomic E-state index is 14.3. The summed E-state index contributed by atoms with van der Waals surface area (Å²) in [5.74, 6) is 0.200. The van der Waals surface area contributed by atoms with Crippen molar-refractivity contribution in [3.63, 3.8) is 0 Å². The van der Waals surface area contributed by atoms with E-state index < -0.39 is 0 Å². The second-order valence-electron chi connectivity index (χ2n) is 8.59. The molecule has 1 aliphatic heterocycles. The van der Waals surface area contributed by atoms with Crippen molar-refractivity contribution in [2.75, 3.05) is 11.4 Å². The lowest BCUT2D eigenvalue weighted by Crippen LogP contribution is -2.31. The van der Waals surface area contributed by atoms with Crippen LogP contribution < -0.4 is 4.90 Å². The van der Waals surface area contributed by atoms with Crippen molar-refractivity contribution in [1.29, 1.82) is 0 Å². The third-order valence-corrected chi connectivity index (χ3v) is 6.67. The first kappa shape index (κ1) is 19.7. The van der Waals surface area contributed by atoms with Crippen LogP contribution in [0.5, 0.6) is 0 Å². The van der Waals surface area contributed by atoms with E-state index in [1.165, 1.54) is 43.1 Å². The largest absolute Gasteiger partial charge is 0.334 e. The maximum Gasteiger partial charge on any atom is 0.256 e. The Morgan fingerprint density at radius 2 is 1.71 bits per heavy atom. The van der Waals surface area contributed by atoms with Gasteiger partial charge in [0, 0.05) is 23.9 Å². The Morgan fingerprint density at radius 3 is 2.48 bits per heavy atom. The topological polar surface area (TPSA) is 40.6 Å². The monoisotopic (exact) mass is 416 g/mol. The predicted molar refractivity (Wildman–Crippen MR) is 120 cm³/mol. The highest BCUT2D eigenvalue weighted by atomic mass is 19.1. The van der Waals surface area contributed by atoms with Crippen LogP contribution in [0.1, 0.15) is 48.0 Å². The summed E-state index contributed by atoms with van der Waals surface area (Å²) >= 11 is 0. The van der Waals surface area contributed by atoms with Gasteiger partial charge in [0.2, 0.25) is 6.41 Å². The number of carbonyl (C=O) groups is 2. The first-order valence-electron chi connectivity index (χ1n) is 11.0. The SMILES string of the molecule is O=CN(c1cccc2c1C(=O)N(CC1CCCCC1)C2)c1ccc(F)c2ccccc12. The number of carbonyl (C=O) groups excluding carboxylic acids is 2. The van der Waals surface area contributed by atoms with Gasteiger partial charge in [-0.1, -0.05) is 55.7 Å². The third kappa shape index (κ3) is 3.48. The predicted octanol–water partition coefficient (Wildman–Crippen LogP) is 5.81. The van der Waals surface area contributed by atoms with Crippen LogP contribution in [0.25, 0.3) is 10.8 Å². The van der Waals surface area contributed by atoms with Gasteiger partial charge in [-0.2, -0.15) is 0 Å². The summed E-state index contributed by atoms with van der Waals surface area (Å²) in [6.45, 7) is 1.35. The lowest BCUT2D eigenvalue weighted by molar-refractivity contribution is -0.106. The molecule has 2 aliphatic rings. The molecule has 1 aliphatic carbocycles. The Morgan fingerprint density at radius 1 is 0.935 bits per heavy atom. The van der Waals surface area contributed by atoms with Crippen molar-refractivity contribution >= 4 is 34.5 Å². The van der Waals surface area contributed by atoms with Crippen LogP contribution in [0.2, 0.25) is 0 Å². The number of rotatable bonds is 5. The van der Waals surface area contributed by atoms with Crippen molar-refractivity contribution in [1.82, 2.24) is 4.90 Å². The standard InChI is InChI=1S/C26H25FN2O2/c27-22-13-14-23(21-11-5-4-10-20(21)22)29(17-30)24-12-6-9-19-16-28(26(31)25(19)24)15-18-7-2-1-3-8-18/h4-6,9-14,17-18H,1-3,7-8,15-16H2. The normalized spacial score (nSPS) is 16.5. The van der Waals surface area contributed by atoms with Gasteiger partial charge in [0.1, 0.15) is 5.82 Å². The lowest BCUT2D eigenvalue weighted by atomic mass is 9.89.